The molecule has 0 aliphatic heterocycles. The van der Waals surface area contributed by atoms with E-state index in [4.69, 9.17) is 5.21 Å². The second kappa shape index (κ2) is 2.59. The van der Waals surface area contributed by atoms with Crippen LogP contribution in [-0.4, -0.2) is 9.18 Å². The first-order chi connectivity index (χ1) is 4.34. The molecule has 0 saturated carbocycles. The van der Waals surface area contributed by atoms with Crippen LogP contribution in [0.4, 0.5) is 0 Å². The molecule has 0 unspecified atom stereocenters. The highest BCUT2D eigenvalue weighted by Crippen LogP contribution is 1.81. The van der Waals surface area contributed by atoms with Gasteiger partial charge in [-0.1, -0.05) is 24.0 Å². The van der Waals surface area contributed by atoms with Gasteiger partial charge in [0.05, 0.1) is 0 Å². The maximum absolute atomic E-state index is 8.27. The van der Waals surface area contributed by atoms with Crippen molar-refractivity contribution < 1.29 is 5.21 Å². The predicted octanol–water partition coefficient (Wildman–Crippen LogP) is 0.471. The third-order valence-electron chi connectivity index (χ3n) is 0.921. The zero-order chi connectivity index (χ0) is 6.69. The number of rotatable bonds is 0. The Bertz CT molecular complexity index is 255. The van der Waals surface area contributed by atoms with Gasteiger partial charge in [-0.05, 0) is 12.1 Å². The molecule has 0 amide bonds. The van der Waals surface area contributed by atoms with E-state index in [2.05, 4.69) is 18.0 Å². The molecular formula is C5H6N2OS. The fraction of sp³-hybridized carbons (Fsp3) is 0. The minimum Gasteiger partial charge on any atom is -0.409 e. The second-order valence-electron chi connectivity index (χ2n) is 1.50. The molecule has 0 aliphatic carbocycles. The van der Waals surface area contributed by atoms with Crippen LogP contribution in [0.3, 0.4) is 0 Å². The number of hydrogen-bond acceptors (Lipinski definition) is 3. The van der Waals surface area contributed by atoms with E-state index in [9.17, 15) is 0 Å². The topological polar surface area (TPSA) is 37.5 Å². The summed E-state index contributed by atoms with van der Waals surface area (Å²) in [6.07, 6.45) is 1.68. The maximum atomic E-state index is 8.27. The lowest BCUT2D eigenvalue weighted by Crippen LogP contribution is -2.11. The van der Waals surface area contributed by atoms with Gasteiger partial charge in [0.25, 0.3) is 0 Å². The molecule has 1 aromatic heterocycles. The maximum Gasteiger partial charge on any atom is 0.181 e. The molecule has 1 N–H and O–H groups in total. The Morgan fingerprint density at radius 1 is 1.56 bits per heavy atom. The van der Waals surface area contributed by atoms with Gasteiger partial charge in [-0.2, -0.15) is 0 Å². The minimum absolute atomic E-state index is 0.417. The van der Waals surface area contributed by atoms with Gasteiger partial charge in [0.15, 0.2) is 5.49 Å². The first kappa shape index (κ1) is 6.22. The highest BCUT2D eigenvalue weighted by molar-refractivity contribution is 7.78. The van der Waals surface area contributed by atoms with Crippen LogP contribution in [0, 0.1) is 0 Å². The second-order valence-corrected chi connectivity index (χ2v) is 1.93. The summed E-state index contributed by atoms with van der Waals surface area (Å²) in [6.45, 7) is 0. The van der Waals surface area contributed by atoms with Crippen molar-refractivity contribution in [2.75, 3.05) is 0 Å². The standard InChI is InChI=1S/C5H6N2OS/c8-6-5-3-1-2-4-7(5)9/h1-4,8-9H. The first-order valence-corrected chi connectivity index (χ1v) is 2.79. The molecular weight excluding hydrogens is 136 g/mol. The molecule has 0 aromatic carbocycles. The van der Waals surface area contributed by atoms with Crippen LogP contribution in [0.1, 0.15) is 0 Å². The largest absolute Gasteiger partial charge is 0.409 e. The molecule has 0 aliphatic rings. The van der Waals surface area contributed by atoms with Crippen molar-refractivity contribution in [1.82, 2.24) is 3.97 Å². The Kier molecular flexibility index (Phi) is 1.79. The molecule has 0 spiro atoms. The molecule has 48 valence electrons. The normalized spacial score (nSPS) is 11.9. The number of hydrogen-bond donors (Lipinski definition) is 2. The fourth-order valence-corrected chi connectivity index (χ4v) is 0.688. The monoisotopic (exact) mass is 142 g/mol. The SMILES string of the molecule is ON=c1ccccn1S. The first-order valence-electron chi connectivity index (χ1n) is 2.39. The van der Waals surface area contributed by atoms with E-state index in [0.29, 0.717) is 5.49 Å². The van der Waals surface area contributed by atoms with E-state index in [1.807, 2.05) is 0 Å². The summed E-state index contributed by atoms with van der Waals surface area (Å²) in [5.74, 6) is 0. The van der Waals surface area contributed by atoms with Crippen molar-refractivity contribution in [3.8, 4) is 0 Å². The third-order valence-corrected chi connectivity index (χ3v) is 1.26. The Balaban J connectivity index is 3.33. The molecule has 3 nitrogen and oxygen atoms in total. The summed E-state index contributed by atoms with van der Waals surface area (Å²) in [6, 6.07) is 5.20. The van der Waals surface area contributed by atoms with E-state index < -0.39 is 0 Å². The van der Waals surface area contributed by atoms with Crippen LogP contribution in [0.15, 0.2) is 29.6 Å². The van der Waals surface area contributed by atoms with E-state index in [-0.39, 0.29) is 0 Å². The van der Waals surface area contributed by atoms with Crippen LogP contribution < -0.4 is 5.49 Å². The third kappa shape index (κ3) is 1.26. The lowest BCUT2D eigenvalue weighted by Gasteiger charge is -1.91. The molecule has 0 saturated heterocycles. The van der Waals surface area contributed by atoms with Crippen LogP contribution >= 0.6 is 12.8 Å². The number of pyridine rings is 1. The summed E-state index contributed by atoms with van der Waals surface area (Å²) in [7, 11) is 0. The quantitative estimate of drug-likeness (QED) is 0.308. The Labute approximate surface area is 57.8 Å². The summed E-state index contributed by atoms with van der Waals surface area (Å²) >= 11 is 3.94. The molecule has 1 heterocycles. The molecule has 9 heavy (non-hydrogen) atoms. The lowest BCUT2D eigenvalue weighted by atomic mass is 10.5. The van der Waals surface area contributed by atoms with Gasteiger partial charge in [0.1, 0.15) is 0 Å². The molecule has 1 aromatic rings. The van der Waals surface area contributed by atoms with Gasteiger partial charge in [0, 0.05) is 6.20 Å². The van der Waals surface area contributed by atoms with Crippen molar-refractivity contribution in [3.63, 3.8) is 0 Å². The van der Waals surface area contributed by atoms with E-state index in [1.54, 1.807) is 24.4 Å². The van der Waals surface area contributed by atoms with Gasteiger partial charge < -0.3 is 5.21 Å². The average molecular weight is 142 g/mol. The van der Waals surface area contributed by atoms with E-state index in [0.717, 1.165) is 0 Å². The molecule has 1 rings (SSSR count). The molecule has 0 bridgehead atoms. The Morgan fingerprint density at radius 2 is 2.33 bits per heavy atom. The van der Waals surface area contributed by atoms with E-state index in [1.165, 1.54) is 3.97 Å². The van der Waals surface area contributed by atoms with Crippen molar-refractivity contribution in [2.24, 2.45) is 5.16 Å². The molecule has 0 fully saturated rings. The highest BCUT2D eigenvalue weighted by atomic mass is 32.1. The van der Waals surface area contributed by atoms with Gasteiger partial charge in [-0.25, -0.2) is 0 Å². The summed E-state index contributed by atoms with van der Waals surface area (Å²) in [4.78, 5) is 0. The Hall–Kier alpha value is -0.900. The fourth-order valence-electron chi connectivity index (χ4n) is 0.505. The van der Waals surface area contributed by atoms with Crippen LogP contribution in [0.2, 0.25) is 0 Å². The summed E-state index contributed by atoms with van der Waals surface area (Å²) in [5, 5.41) is 11.2. The average Bonchev–Trinajstić information content (AvgIpc) is 1.89. The van der Waals surface area contributed by atoms with Crippen molar-refractivity contribution in [3.05, 3.63) is 29.9 Å². The van der Waals surface area contributed by atoms with Gasteiger partial charge in [0.2, 0.25) is 0 Å². The van der Waals surface area contributed by atoms with Crippen molar-refractivity contribution in [1.29, 1.82) is 0 Å². The van der Waals surface area contributed by atoms with Crippen LogP contribution in [-0.2, 0) is 0 Å². The lowest BCUT2D eigenvalue weighted by molar-refractivity contribution is 0.297. The molecule has 0 atom stereocenters. The molecule has 4 heteroatoms. The van der Waals surface area contributed by atoms with Crippen LogP contribution in [0.5, 0.6) is 0 Å². The zero-order valence-electron chi connectivity index (χ0n) is 4.60. The summed E-state index contributed by atoms with van der Waals surface area (Å²) in [5.41, 5.74) is 0.417. The number of nitrogens with zero attached hydrogens (tertiary/aromatic N) is 2. The highest BCUT2D eigenvalue weighted by Gasteiger charge is 1.81. The van der Waals surface area contributed by atoms with Gasteiger partial charge in [-0.15, -0.1) is 0 Å². The number of aromatic nitrogens is 1. The van der Waals surface area contributed by atoms with Crippen LogP contribution in [0.25, 0.3) is 0 Å². The Morgan fingerprint density at radius 3 is 2.78 bits per heavy atom. The van der Waals surface area contributed by atoms with Crippen molar-refractivity contribution in [2.45, 2.75) is 0 Å². The van der Waals surface area contributed by atoms with E-state index >= 15 is 0 Å². The molecule has 0 radical (unpaired) electrons. The minimum atomic E-state index is 0.417. The number of thiol groups is 1. The smallest absolute Gasteiger partial charge is 0.181 e. The van der Waals surface area contributed by atoms with Crippen molar-refractivity contribution >= 4 is 12.8 Å². The van der Waals surface area contributed by atoms with Gasteiger partial charge >= 0.3 is 0 Å². The van der Waals surface area contributed by atoms with Gasteiger partial charge in [-0.3, -0.25) is 3.97 Å². The summed E-state index contributed by atoms with van der Waals surface area (Å²) < 4.78 is 1.42. The zero-order valence-corrected chi connectivity index (χ0v) is 5.49. The predicted molar refractivity (Wildman–Crippen MR) is 36.2 cm³/mol.